The fourth-order valence-corrected chi connectivity index (χ4v) is 1.40. The first kappa shape index (κ1) is 12.2. The average molecular weight is 221 g/mol. The number of anilines is 1. The van der Waals surface area contributed by atoms with Gasteiger partial charge in [0.2, 0.25) is 12.8 Å². The molecule has 0 aliphatic heterocycles. The predicted octanol–water partition coefficient (Wildman–Crippen LogP) is -0.129. The highest BCUT2D eigenvalue weighted by molar-refractivity contribution is 5.71. The summed E-state index contributed by atoms with van der Waals surface area (Å²) < 4.78 is 0. The standard InChI is InChI=1S/C11H15N3O2/c12-6-11(14-8-16)5-9-1-3-10(4-2-9)13-7-15/h1-4,7-8,11H,5-6,12H2,(H,13,15)(H,14,16). The van der Waals surface area contributed by atoms with E-state index in [-0.39, 0.29) is 6.04 Å². The summed E-state index contributed by atoms with van der Waals surface area (Å²) in [5.74, 6) is 0. The van der Waals surface area contributed by atoms with Crippen molar-refractivity contribution < 1.29 is 9.59 Å². The molecule has 0 spiro atoms. The van der Waals surface area contributed by atoms with Gasteiger partial charge in [0, 0.05) is 18.3 Å². The molecular formula is C11H15N3O2. The maximum atomic E-state index is 10.3. The fourth-order valence-electron chi connectivity index (χ4n) is 1.40. The third-order valence-electron chi connectivity index (χ3n) is 2.25. The van der Waals surface area contributed by atoms with Gasteiger partial charge >= 0.3 is 0 Å². The summed E-state index contributed by atoms with van der Waals surface area (Å²) in [4.78, 5) is 20.5. The molecule has 1 aromatic carbocycles. The molecule has 0 radical (unpaired) electrons. The van der Waals surface area contributed by atoms with Crippen molar-refractivity contribution in [2.45, 2.75) is 12.5 Å². The number of hydrogen-bond acceptors (Lipinski definition) is 3. The molecule has 0 aromatic heterocycles. The lowest BCUT2D eigenvalue weighted by Crippen LogP contribution is -2.36. The lowest BCUT2D eigenvalue weighted by atomic mass is 10.1. The molecule has 1 aromatic rings. The Morgan fingerprint density at radius 3 is 2.38 bits per heavy atom. The minimum atomic E-state index is -0.0534. The van der Waals surface area contributed by atoms with Gasteiger partial charge < -0.3 is 16.4 Å². The maximum absolute atomic E-state index is 10.3. The molecule has 2 amide bonds. The summed E-state index contributed by atoms with van der Waals surface area (Å²) in [5.41, 5.74) is 7.30. The number of hydrogen-bond donors (Lipinski definition) is 3. The summed E-state index contributed by atoms with van der Waals surface area (Å²) in [7, 11) is 0. The van der Waals surface area contributed by atoms with Crippen molar-refractivity contribution in [1.29, 1.82) is 0 Å². The van der Waals surface area contributed by atoms with Gasteiger partial charge in [0.15, 0.2) is 0 Å². The summed E-state index contributed by atoms with van der Waals surface area (Å²) in [6, 6.07) is 7.33. The molecule has 1 unspecified atom stereocenters. The smallest absolute Gasteiger partial charge is 0.211 e. The van der Waals surface area contributed by atoms with Crippen LogP contribution in [-0.4, -0.2) is 25.4 Å². The Balaban J connectivity index is 2.59. The van der Waals surface area contributed by atoms with Gasteiger partial charge in [-0.05, 0) is 24.1 Å². The van der Waals surface area contributed by atoms with Gasteiger partial charge in [-0.1, -0.05) is 12.1 Å². The number of rotatable bonds is 7. The van der Waals surface area contributed by atoms with Gasteiger partial charge in [0.05, 0.1) is 0 Å². The van der Waals surface area contributed by atoms with Gasteiger partial charge in [-0.3, -0.25) is 9.59 Å². The van der Waals surface area contributed by atoms with Gasteiger partial charge in [-0.2, -0.15) is 0 Å². The molecule has 0 aliphatic carbocycles. The van der Waals surface area contributed by atoms with E-state index in [1.807, 2.05) is 12.1 Å². The highest BCUT2D eigenvalue weighted by Gasteiger charge is 2.05. The van der Waals surface area contributed by atoms with Crippen molar-refractivity contribution in [2.75, 3.05) is 11.9 Å². The molecule has 0 aliphatic rings. The van der Waals surface area contributed by atoms with Crippen LogP contribution in [0.1, 0.15) is 5.56 Å². The highest BCUT2D eigenvalue weighted by Crippen LogP contribution is 2.10. The van der Waals surface area contributed by atoms with E-state index in [1.165, 1.54) is 0 Å². The first-order valence-electron chi connectivity index (χ1n) is 4.99. The number of carbonyl (C=O) groups is 2. The molecule has 0 saturated heterocycles. The Bertz CT molecular complexity index is 338. The zero-order valence-corrected chi connectivity index (χ0v) is 8.85. The minimum Gasteiger partial charge on any atom is -0.354 e. The summed E-state index contributed by atoms with van der Waals surface area (Å²) in [6.45, 7) is 0.396. The molecule has 0 fully saturated rings. The van der Waals surface area contributed by atoms with E-state index >= 15 is 0 Å². The molecule has 1 atom stereocenters. The van der Waals surface area contributed by atoms with Gasteiger partial charge in [0.1, 0.15) is 0 Å². The van der Waals surface area contributed by atoms with E-state index in [0.29, 0.717) is 25.8 Å². The third kappa shape index (κ3) is 3.70. The zero-order chi connectivity index (χ0) is 11.8. The largest absolute Gasteiger partial charge is 0.354 e. The second kappa shape index (κ2) is 6.58. The van der Waals surface area contributed by atoms with E-state index < -0.39 is 0 Å². The lowest BCUT2D eigenvalue weighted by Gasteiger charge is -2.13. The normalized spacial score (nSPS) is 11.6. The van der Waals surface area contributed by atoms with Crippen molar-refractivity contribution in [3.8, 4) is 0 Å². The van der Waals surface area contributed by atoms with Gasteiger partial charge in [-0.25, -0.2) is 0 Å². The van der Waals surface area contributed by atoms with Crippen LogP contribution in [0.3, 0.4) is 0 Å². The van der Waals surface area contributed by atoms with Crippen LogP contribution in [0.25, 0.3) is 0 Å². The van der Waals surface area contributed by atoms with Crippen LogP contribution in [0.15, 0.2) is 24.3 Å². The second-order valence-corrected chi connectivity index (χ2v) is 3.38. The van der Waals surface area contributed by atoms with Gasteiger partial charge in [0.25, 0.3) is 0 Å². The molecular weight excluding hydrogens is 206 g/mol. The van der Waals surface area contributed by atoms with Crippen molar-refractivity contribution >= 4 is 18.5 Å². The third-order valence-corrected chi connectivity index (χ3v) is 2.25. The van der Waals surface area contributed by atoms with Crippen LogP contribution in [0, 0.1) is 0 Å². The summed E-state index contributed by atoms with van der Waals surface area (Å²) >= 11 is 0. The molecule has 0 bridgehead atoms. The molecule has 5 heteroatoms. The molecule has 16 heavy (non-hydrogen) atoms. The second-order valence-electron chi connectivity index (χ2n) is 3.38. The Labute approximate surface area is 94.0 Å². The van der Waals surface area contributed by atoms with Crippen LogP contribution in [-0.2, 0) is 16.0 Å². The molecule has 86 valence electrons. The Morgan fingerprint density at radius 2 is 1.88 bits per heavy atom. The Kier molecular flexibility index (Phi) is 5.01. The Morgan fingerprint density at radius 1 is 1.19 bits per heavy atom. The first-order chi connectivity index (χ1) is 7.80. The number of amides is 2. The molecule has 4 N–H and O–H groups in total. The van der Waals surface area contributed by atoms with Crippen LogP contribution in [0.5, 0.6) is 0 Å². The van der Waals surface area contributed by atoms with Crippen molar-refractivity contribution in [2.24, 2.45) is 5.73 Å². The number of carbonyl (C=O) groups excluding carboxylic acids is 2. The molecule has 0 saturated carbocycles. The van der Waals surface area contributed by atoms with E-state index in [9.17, 15) is 9.59 Å². The minimum absolute atomic E-state index is 0.0534. The first-order valence-corrected chi connectivity index (χ1v) is 4.99. The zero-order valence-electron chi connectivity index (χ0n) is 8.85. The van der Waals surface area contributed by atoms with Crippen LogP contribution in [0.4, 0.5) is 5.69 Å². The average Bonchev–Trinajstić information content (AvgIpc) is 2.31. The monoisotopic (exact) mass is 221 g/mol. The molecule has 1 rings (SSSR count). The summed E-state index contributed by atoms with van der Waals surface area (Å²) in [5, 5.41) is 5.19. The van der Waals surface area contributed by atoms with Gasteiger partial charge in [-0.15, -0.1) is 0 Å². The SMILES string of the molecule is NCC(Cc1ccc(NC=O)cc1)NC=O. The topological polar surface area (TPSA) is 84.2 Å². The lowest BCUT2D eigenvalue weighted by molar-refractivity contribution is -0.110. The van der Waals surface area contributed by atoms with E-state index in [4.69, 9.17) is 5.73 Å². The highest BCUT2D eigenvalue weighted by atomic mass is 16.1. The van der Waals surface area contributed by atoms with Crippen LogP contribution in [0.2, 0.25) is 0 Å². The number of nitrogens with one attached hydrogen (secondary N) is 2. The van der Waals surface area contributed by atoms with Crippen molar-refractivity contribution in [3.05, 3.63) is 29.8 Å². The number of nitrogens with two attached hydrogens (primary N) is 1. The Hall–Kier alpha value is -1.88. The summed E-state index contributed by atoms with van der Waals surface area (Å²) in [6.07, 6.45) is 1.96. The van der Waals surface area contributed by atoms with E-state index in [1.54, 1.807) is 12.1 Å². The fraction of sp³-hybridized carbons (Fsp3) is 0.273. The predicted molar refractivity (Wildman–Crippen MR) is 61.9 cm³/mol. The van der Waals surface area contributed by atoms with Crippen molar-refractivity contribution in [3.63, 3.8) is 0 Å². The van der Waals surface area contributed by atoms with E-state index in [2.05, 4.69) is 10.6 Å². The van der Waals surface area contributed by atoms with Crippen LogP contribution < -0.4 is 16.4 Å². The van der Waals surface area contributed by atoms with E-state index in [0.717, 1.165) is 11.3 Å². The number of benzene rings is 1. The maximum Gasteiger partial charge on any atom is 0.211 e. The molecule has 5 nitrogen and oxygen atoms in total. The van der Waals surface area contributed by atoms with Crippen LogP contribution >= 0.6 is 0 Å². The van der Waals surface area contributed by atoms with Crippen molar-refractivity contribution in [1.82, 2.24) is 5.32 Å². The molecule has 0 heterocycles. The quantitative estimate of drug-likeness (QED) is 0.561.